The van der Waals surface area contributed by atoms with Gasteiger partial charge in [-0.15, -0.1) is 0 Å². The summed E-state index contributed by atoms with van der Waals surface area (Å²) < 4.78 is 78.8. The molecule has 22 heavy (non-hydrogen) atoms. The zero-order valence-electron chi connectivity index (χ0n) is 10.9. The van der Waals surface area contributed by atoms with Gasteiger partial charge in [0.1, 0.15) is 5.75 Å². The fourth-order valence-electron chi connectivity index (χ4n) is 1.41. The first-order valence-electron chi connectivity index (χ1n) is 5.55. The second-order valence-corrected chi connectivity index (χ2v) is 3.98. The van der Waals surface area contributed by atoms with Crippen LogP contribution in [0.3, 0.4) is 0 Å². The maximum absolute atomic E-state index is 12.3. The minimum absolute atomic E-state index is 0.189. The summed E-state index contributed by atoms with van der Waals surface area (Å²) in [5, 5.41) is 0. The van der Waals surface area contributed by atoms with Crippen LogP contribution in [0.15, 0.2) is 29.8 Å². The van der Waals surface area contributed by atoms with Gasteiger partial charge in [-0.2, -0.15) is 26.3 Å². The van der Waals surface area contributed by atoms with E-state index in [0.717, 1.165) is 12.1 Å². The predicted molar refractivity (Wildman–Crippen MR) is 63.1 cm³/mol. The van der Waals surface area contributed by atoms with E-state index in [9.17, 15) is 35.9 Å². The Morgan fingerprint density at radius 1 is 0.909 bits per heavy atom. The highest BCUT2D eigenvalue weighted by atomic mass is 19.4. The van der Waals surface area contributed by atoms with Gasteiger partial charge < -0.3 is 4.74 Å². The van der Waals surface area contributed by atoms with Crippen LogP contribution in [0.1, 0.15) is 5.56 Å². The third kappa shape index (κ3) is 4.34. The second kappa shape index (κ2) is 6.20. The lowest BCUT2D eigenvalue weighted by Gasteiger charge is -2.11. The molecule has 0 saturated heterocycles. The van der Waals surface area contributed by atoms with Crippen LogP contribution < -0.4 is 4.74 Å². The fourth-order valence-corrected chi connectivity index (χ4v) is 1.41. The molecule has 0 N–H and O–H groups in total. The van der Waals surface area contributed by atoms with Gasteiger partial charge in [0.25, 0.3) is 11.6 Å². The second-order valence-electron chi connectivity index (χ2n) is 3.98. The summed E-state index contributed by atoms with van der Waals surface area (Å²) in [6, 6.07) is 4.71. The third-order valence-corrected chi connectivity index (χ3v) is 2.43. The number of carbonyl (C=O) groups is 2. The molecule has 0 unspecified atom stereocenters. The van der Waals surface area contributed by atoms with E-state index in [1.165, 1.54) is 19.2 Å². The van der Waals surface area contributed by atoms with Crippen molar-refractivity contribution in [2.24, 2.45) is 0 Å². The summed E-state index contributed by atoms with van der Waals surface area (Å²) in [6.45, 7) is 0. The number of carbonyl (C=O) groups excluding carboxylic acids is 2. The standard InChI is InChI=1S/C13H8F6O3/c1-22-8-4-2-7(3-5-8)6-9(10(20)12(14,15)16)11(21)13(17,18)19/h2-6H,1H3. The summed E-state index contributed by atoms with van der Waals surface area (Å²) in [4.78, 5) is 22.1. The molecule has 0 saturated carbocycles. The molecule has 1 aromatic rings. The molecule has 0 aliphatic rings. The topological polar surface area (TPSA) is 43.4 Å². The molecule has 0 aliphatic heterocycles. The first-order valence-corrected chi connectivity index (χ1v) is 5.55. The molecule has 0 amide bonds. The molecule has 0 radical (unpaired) electrons. The van der Waals surface area contributed by atoms with E-state index >= 15 is 0 Å². The van der Waals surface area contributed by atoms with Gasteiger partial charge in [-0.05, 0) is 23.8 Å². The van der Waals surface area contributed by atoms with Crippen molar-refractivity contribution in [3.8, 4) is 5.75 Å². The molecule has 0 heterocycles. The van der Waals surface area contributed by atoms with Gasteiger partial charge in [0.15, 0.2) is 0 Å². The smallest absolute Gasteiger partial charge is 0.455 e. The Bertz CT molecular complexity index is 568. The lowest BCUT2D eigenvalue weighted by Crippen LogP contribution is -2.34. The van der Waals surface area contributed by atoms with E-state index in [2.05, 4.69) is 0 Å². The Labute approximate surface area is 120 Å². The molecule has 1 aromatic carbocycles. The molecule has 9 heteroatoms. The van der Waals surface area contributed by atoms with E-state index in [4.69, 9.17) is 4.74 Å². The first kappa shape index (κ1) is 17.7. The molecule has 0 atom stereocenters. The van der Waals surface area contributed by atoms with Crippen molar-refractivity contribution >= 4 is 17.6 Å². The fraction of sp³-hybridized carbons (Fsp3) is 0.231. The summed E-state index contributed by atoms with van der Waals surface area (Å²) in [5.41, 5.74) is -2.18. The van der Waals surface area contributed by atoms with Crippen molar-refractivity contribution in [1.29, 1.82) is 0 Å². The Balaban J connectivity index is 3.33. The summed E-state index contributed by atoms with van der Waals surface area (Å²) in [5.74, 6) is -5.42. The van der Waals surface area contributed by atoms with Crippen molar-refractivity contribution < 1.29 is 40.7 Å². The van der Waals surface area contributed by atoms with Crippen LogP contribution in [0.2, 0.25) is 0 Å². The molecule has 0 bridgehead atoms. The zero-order chi connectivity index (χ0) is 17.1. The van der Waals surface area contributed by atoms with Crippen molar-refractivity contribution in [2.45, 2.75) is 12.4 Å². The molecular weight excluding hydrogens is 318 g/mol. The minimum Gasteiger partial charge on any atom is -0.497 e. The van der Waals surface area contributed by atoms with Crippen LogP contribution in [-0.4, -0.2) is 31.0 Å². The normalized spacial score (nSPS) is 11.8. The highest BCUT2D eigenvalue weighted by molar-refractivity contribution is 6.26. The van der Waals surface area contributed by atoms with Gasteiger partial charge in [-0.1, -0.05) is 12.1 Å². The van der Waals surface area contributed by atoms with E-state index in [1.807, 2.05) is 0 Å². The third-order valence-electron chi connectivity index (χ3n) is 2.43. The summed E-state index contributed by atoms with van der Waals surface area (Å²) >= 11 is 0. The SMILES string of the molecule is COc1ccc(C=C(C(=O)C(F)(F)F)C(=O)C(F)(F)F)cc1. The molecular formula is C13H8F6O3. The number of benzene rings is 1. The van der Waals surface area contributed by atoms with Gasteiger partial charge >= 0.3 is 12.4 Å². The molecule has 0 aromatic heterocycles. The van der Waals surface area contributed by atoms with Crippen LogP contribution in [0.4, 0.5) is 26.3 Å². The molecule has 0 spiro atoms. The van der Waals surface area contributed by atoms with Gasteiger partial charge in [-0.3, -0.25) is 9.59 Å². The predicted octanol–water partition coefficient (Wildman–Crippen LogP) is 3.34. The number of ketones is 2. The summed E-state index contributed by atoms with van der Waals surface area (Å²) in [7, 11) is 1.30. The highest BCUT2D eigenvalue weighted by Gasteiger charge is 2.50. The van der Waals surface area contributed by atoms with E-state index < -0.39 is 29.5 Å². The largest absolute Gasteiger partial charge is 0.497 e. The number of Topliss-reactive ketones (excluding diaryl/α,β-unsaturated/α-hetero) is 2. The summed E-state index contributed by atoms with van der Waals surface area (Å²) in [6.07, 6.45) is -11.0. The number of hydrogen-bond acceptors (Lipinski definition) is 3. The number of hydrogen-bond donors (Lipinski definition) is 0. The van der Waals surface area contributed by atoms with Crippen molar-refractivity contribution in [3.05, 3.63) is 35.4 Å². The molecule has 120 valence electrons. The monoisotopic (exact) mass is 326 g/mol. The van der Waals surface area contributed by atoms with Crippen LogP contribution in [0.25, 0.3) is 6.08 Å². The van der Waals surface area contributed by atoms with Crippen molar-refractivity contribution in [2.75, 3.05) is 7.11 Å². The highest BCUT2D eigenvalue weighted by Crippen LogP contribution is 2.28. The van der Waals surface area contributed by atoms with Gasteiger partial charge in [0, 0.05) is 0 Å². The van der Waals surface area contributed by atoms with Crippen LogP contribution in [0, 0.1) is 0 Å². The van der Waals surface area contributed by atoms with Crippen LogP contribution in [0.5, 0.6) is 5.75 Å². The van der Waals surface area contributed by atoms with Gasteiger partial charge in [0.05, 0.1) is 12.7 Å². The Morgan fingerprint density at radius 2 is 1.32 bits per heavy atom. The molecule has 1 rings (SSSR count). The average molecular weight is 326 g/mol. The van der Waals surface area contributed by atoms with Crippen LogP contribution in [-0.2, 0) is 9.59 Å². The van der Waals surface area contributed by atoms with E-state index in [0.29, 0.717) is 5.75 Å². The lowest BCUT2D eigenvalue weighted by molar-refractivity contribution is -0.175. The maximum Gasteiger partial charge on any atom is 0.455 e. The van der Waals surface area contributed by atoms with Crippen LogP contribution >= 0.6 is 0 Å². The molecule has 0 aliphatic carbocycles. The Hall–Kier alpha value is -2.32. The average Bonchev–Trinajstić information content (AvgIpc) is 2.42. The number of ether oxygens (including phenoxy) is 1. The van der Waals surface area contributed by atoms with Gasteiger partial charge in [0.2, 0.25) is 0 Å². The maximum atomic E-state index is 12.3. The first-order chi connectivity index (χ1) is 9.96. The Morgan fingerprint density at radius 3 is 1.64 bits per heavy atom. The number of methoxy groups -OCH3 is 1. The lowest BCUT2D eigenvalue weighted by atomic mass is 10.0. The Kier molecular flexibility index (Phi) is 5.00. The van der Waals surface area contributed by atoms with Gasteiger partial charge in [-0.25, -0.2) is 0 Å². The van der Waals surface area contributed by atoms with E-state index in [-0.39, 0.29) is 11.6 Å². The van der Waals surface area contributed by atoms with Crippen molar-refractivity contribution in [1.82, 2.24) is 0 Å². The van der Waals surface area contributed by atoms with E-state index in [1.54, 1.807) is 0 Å². The van der Waals surface area contributed by atoms with Crippen molar-refractivity contribution in [3.63, 3.8) is 0 Å². The number of allylic oxidation sites excluding steroid dienone is 1. The minimum atomic E-state index is -5.60. The zero-order valence-corrected chi connectivity index (χ0v) is 10.9. The molecule has 0 fully saturated rings. The number of alkyl halides is 6. The number of halogens is 6. The molecule has 3 nitrogen and oxygen atoms in total. The number of rotatable bonds is 4. The quantitative estimate of drug-likeness (QED) is 0.369.